The van der Waals surface area contributed by atoms with Gasteiger partial charge in [0, 0.05) is 5.56 Å². The number of hydrogen-bond acceptors (Lipinski definition) is 3. The Morgan fingerprint density at radius 2 is 1.63 bits per heavy atom. The van der Waals surface area contributed by atoms with E-state index < -0.39 is 5.92 Å². The standard InChI is InChI=1S/C26H25FO3/c1-19(2)24(16-15-21-10-6-7-14-25(21)27)26(28)29-18-20-9-8-13-23(17-20)30-22-11-4-3-5-12-22/h3-17,19,24H,18H2,1-2H3/b16-15+. The van der Waals surface area contributed by atoms with Crippen LogP contribution in [0.4, 0.5) is 4.39 Å². The zero-order chi connectivity index (χ0) is 21.3. The molecule has 3 aromatic carbocycles. The Morgan fingerprint density at radius 3 is 2.37 bits per heavy atom. The zero-order valence-corrected chi connectivity index (χ0v) is 17.1. The second-order valence-corrected chi connectivity index (χ2v) is 7.32. The first-order valence-electron chi connectivity index (χ1n) is 9.94. The van der Waals surface area contributed by atoms with Crippen molar-refractivity contribution in [3.63, 3.8) is 0 Å². The van der Waals surface area contributed by atoms with Crippen LogP contribution in [0.1, 0.15) is 25.0 Å². The van der Waals surface area contributed by atoms with Gasteiger partial charge in [0.15, 0.2) is 0 Å². The fraction of sp³-hybridized carbons (Fsp3) is 0.192. The van der Waals surface area contributed by atoms with Crippen molar-refractivity contribution in [2.75, 3.05) is 0 Å². The molecular weight excluding hydrogens is 379 g/mol. The molecule has 0 radical (unpaired) electrons. The van der Waals surface area contributed by atoms with E-state index in [0.717, 1.165) is 11.3 Å². The molecule has 0 N–H and O–H groups in total. The van der Waals surface area contributed by atoms with Crippen molar-refractivity contribution in [3.05, 3.63) is 102 Å². The maximum atomic E-state index is 13.8. The first kappa shape index (κ1) is 21.3. The molecule has 0 aliphatic carbocycles. The molecule has 0 aromatic heterocycles. The van der Waals surface area contributed by atoms with Crippen LogP contribution in [-0.2, 0) is 16.1 Å². The van der Waals surface area contributed by atoms with E-state index >= 15 is 0 Å². The second-order valence-electron chi connectivity index (χ2n) is 7.32. The van der Waals surface area contributed by atoms with Crippen molar-refractivity contribution in [2.45, 2.75) is 20.5 Å². The molecule has 30 heavy (non-hydrogen) atoms. The average Bonchev–Trinajstić information content (AvgIpc) is 2.74. The Kier molecular flexibility index (Phi) is 7.39. The van der Waals surface area contributed by atoms with Gasteiger partial charge in [-0.15, -0.1) is 0 Å². The maximum absolute atomic E-state index is 13.8. The Hall–Kier alpha value is -3.40. The van der Waals surface area contributed by atoms with Gasteiger partial charge in [-0.2, -0.15) is 0 Å². The lowest BCUT2D eigenvalue weighted by molar-refractivity contribution is -0.149. The fourth-order valence-electron chi connectivity index (χ4n) is 2.96. The lowest BCUT2D eigenvalue weighted by Crippen LogP contribution is -2.20. The molecule has 3 rings (SSSR count). The van der Waals surface area contributed by atoms with Crippen LogP contribution in [0.25, 0.3) is 6.08 Å². The summed E-state index contributed by atoms with van der Waals surface area (Å²) in [6.07, 6.45) is 3.34. The smallest absolute Gasteiger partial charge is 0.313 e. The lowest BCUT2D eigenvalue weighted by atomic mass is 9.94. The number of benzene rings is 3. The fourth-order valence-corrected chi connectivity index (χ4v) is 2.96. The summed E-state index contributed by atoms with van der Waals surface area (Å²) >= 11 is 0. The Bertz CT molecular complexity index is 996. The van der Waals surface area contributed by atoms with E-state index in [-0.39, 0.29) is 24.3 Å². The van der Waals surface area contributed by atoms with Gasteiger partial charge >= 0.3 is 5.97 Å². The van der Waals surface area contributed by atoms with Crippen molar-refractivity contribution in [1.82, 2.24) is 0 Å². The Labute approximate surface area is 176 Å². The summed E-state index contributed by atoms with van der Waals surface area (Å²) in [5.74, 6) is 0.313. The number of para-hydroxylation sites is 1. The number of rotatable bonds is 8. The van der Waals surface area contributed by atoms with Gasteiger partial charge in [-0.25, -0.2) is 4.39 Å². The van der Waals surface area contributed by atoms with Gasteiger partial charge in [0.05, 0.1) is 5.92 Å². The van der Waals surface area contributed by atoms with E-state index in [9.17, 15) is 9.18 Å². The van der Waals surface area contributed by atoms with E-state index in [1.54, 1.807) is 30.4 Å². The van der Waals surface area contributed by atoms with E-state index in [1.807, 2.05) is 68.4 Å². The quantitative estimate of drug-likeness (QED) is 0.395. The summed E-state index contributed by atoms with van der Waals surface area (Å²) in [7, 11) is 0. The van der Waals surface area contributed by atoms with Gasteiger partial charge in [-0.05, 0) is 41.8 Å². The number of ether oxygens (including phenoxy) is 2. The van der Waals surface area contributed by atoms with Gasteiger partial charge in [0.2, 0.25) is 0 Å². The minimum atomic E-state index is -0.464. The second kappa shape index (κ2) is 10.4. The largest absolute Gasteiger partial charge is 0.460 e. The summed E-state index contributed by atoms with van der Waals surface area (Å²) in [6, 6.07) is 23.4. The maximum Gasteiger partial charge on any atom is 0.313 e. The van der Waals surface area contributed by atoms with Crippen LogP contribution in [0.3, 0.4) is 0 Å². The van der Waals surface area contributed by atoms with Crippen LogP contribution in [0.5, 0.6) is 11.5 Å². The van der Waals surface area contributed by atoms with Crippen LogP contribution >= 0.6 is 0 Å². The lowest BCUT2D eigenvalue weighted by Gasteiger charge is -2.16. The van der Waals surface area contributed by atoms with Crippen LogP contribution in [0.15, 0.2) is 84.9 Å². The van der Waals surface area contributed by atoms with Gasteiger partial charge in [0.1, 0.15) is 23.9 Å². The third-order valence-electron chi connectivity index (χ3n) is 4.64. The molecule has 4 heteroatoms. The van der Waals surface area contributed by atoms with Gasteiger partial charge in [-0.3, -0.25) is 4.79 Å². The number of carbonyl (C=O) groups excluding carboxylic acids is 1. The van der Waals surface area contributed by atoms with Gasteiger partial charge < -0.3 is 9.47 Å². The van der Waals surface area contributed by atoms with Gasteiger partial charge in [-0.1, -0.05) is 74.5 Å². The van der Waals surface area contributed by atoms with Crippen LogP contribution in [0, 0.1) is 17.7 Å². The molecule has 3 nitrogen and oxygen atoms in total. The molecule has 0 saturated heterocycles. The van der Waals surface area contributed by atoms with Crippen molar-refractivity contribution >= 4 is 12.0 Å². The minimum absolute atomic E-state index is 0.0215. The van der Waals surface area contributed by atoms with Crippen molar-refractivity contribution in [3.8, 4) is 11.5 Å². The van der Waals surface area contributed by atoms with Crippen LogP contribution in [0.2, 0.25) is 0 Å². The van der Waals surface area contributed by atoms with E-state index in [0.29, 0.717) is 11.3 Å². The highest BCUT2D eigenvalue weighted by molar-refractivity contribution is 5.76. The molecule has 0 heterocycles. The number of esters is 1. The van der Waals surface area contributed by atoms with E-state index in [2.05, 4.69) is 0 Å². The molecule has 3 aromatic rings. The SMILES string of the molecule is CC(C)C(/C=C/c1ccccc1F)C(=O)OCc1cccc(Oc2ccccc2)c1. The summed E-state index contributed by atoms with van der Waals surface area (Å²) in [6.45, 7) is 4.01. The number of hydrogen-bond donors (Lipinski definition) is 0. The molecule has 0 saturated carbocycles. The molecular formula is C26H25FO3. The van der Waals surface area contributed by atoms with Crippen molar-refractivity contribution in [1.29, 1.82) is 0 Å². The average molecular weight is 404 g/mol. The van der Waals surface area contributed by atoms with Gasteiger partial charge in [0.25, 0.3) is 0 Å². The Morgan fingerprint density at radius 1 is 0.933 bits per heavy atom. The first-order valence-corrected chi connectivity index (χ1v) is 9.94. The van der Waals surface area contributed by atoms with E-state index in [1.165, 1.54) is 6.07 Å². The third-order valence-corrected chi connectivity index (χ3v) is 4.64. The highest BCUT2D eigenvalue weighted by atomic mass is 19.1. The molecule has 0 fully saturated rings. The predicted octanol–water partition coefficient (Wildman–Crippen LogP) is 6.65. The van der Waals surface area contributed by atoms with Crippen LogP contribution < -0.4 is 4.74 Å². The molecule has 0 amide bonds. The summed E-state index contributed by atoms with van der Waals surface area (Å²) in [5.41, 5.74) is 1.28. The molecule has 0 aliphatic rings. The molecule has 1 atom stereocenters. The third kappa shape index (κ3) is 6.05. The number of halogens is 1. The zero-order valence-electron chi connectivity index (χ0n) is 17.1. The summed E-state index contributed by atoms with van der Waals surface area (Å²) in [5, 5.41) is 0. The van der Waals surface area contributed by atoms with Crippen molar-refractivity contribution < 1.29 is 18.7 Å². The number of carbonyl (C=O) groups is 1. The van der Waals surface area contributed by atoms with Crippen molar-refractivity contribution in [2.24, 2.45) is 11.8 Å². The molecule has 0 bridgehead atoms. The first-order chi connectivity index (χ1) is 14.5. The highest BCUT2D eigenvalue weighted by Crippen LogP contribution is 2.23. The monoisotopic (exact) mass is 404 g/mol. The summed E-state index contributed by atoms with van der Waals surface area (Å²) in [4.78, 5) is 12.6. The molecule has 154 valence electrons. The summed E-state index contributed by atoms with van der Waals surface area (Å²) < 4.78 is 25.2. The Balaban J connectivity index is 1.63. The molecule has 1 unspecified atom stereocenters. The minimum Gasteiger partial charge on any atom is -0.460 e. The topological polar surface area (TPSA) is 35.5 Å². The predicted molar refractivity (Wildman–Crippen MR) is 117 cm³/mol. The normalized spacial score (nSPS) is 12.1. The molecule has 0 aliphatic heterocycles. The molecule has 0 spiro atoms. The van der Waals surface area contributed by atoms with Crippen LogP contribution in [-0.4, -0.2) is 5.97 Å². The van der Waals surface area contributed by atoms with E-state index in [4.69, 9.17) is 9.47 Å². The highest BCUT2D eigenvalue weighted by Gasteiger charge is 2.21.